The third-order valence-electron chi connectivity index (χ3n) is 19.4. The van der Waals surface area contributed by atoms with E-state index in [1.54, 1.807) is 0 Å². The van der Waals surface area contributed by atoms with Gasteiger partial charge in [0.05, 0.1) is 5.41 Å². The summed E-state index contributed by atoms with van der Waals surface area (Å²) in [7, 11) is -0.705. The number of halogens is 1. The van der Waals surface area contributed by atoms with Crippen LogP contribution in [0.4, 0.5) is 4.39 Å². The molecular weight excluding hydrogens is 752 g/mol. The summed E-state index contributed by atoms with van der Waals surface area (Å²) >= 11 is 0. The van der Waals surface area contributed by atoms with E-state index in [9.17, 15) is 13.4 Å². The zero-order valence-electron chi connectivity index (χ0n) is 37.8. The van der Waals surface area contributed by atoms with Crippen molar-refractivity contribution in [1.29, 1.82) is 0 Å². The van der Waals surface area contributed by atoms with E-state index in [4.69, 9.17) is 4.74 Å². The van der Waals surface area contributed by atoms with Crippen LogP contribution in [-0.4, -0.2) is 65.0 Å². The summed E-state index contributed by atoms with van der Waals surface area (Å²) in [6, 6.07) is 9.71. The van der Waals surface area contributed by atoms with E-state index in [-0.39, 0.29) is 28.4 Å². The number of benzene rings is 1. The minimum Gasteiger partial charge on any atom is -0.460 e. The lowest BCUT2D eigenvalue weighted by Gasteiger charge is -2.72. The Hall–Kier alpha value is -2.09. The zero-order chi connectivity index (χ0) is 42.0. The lowest BCUT2D eigenvalue weighted by molar-refractivity contribution is -0.221. The van der Waals surface area contributed by atoms with Gasteiger partial charge < -0.3 is 15.0 Å². The number of carbonyl (C=O) groups is 1. The molecule has 0 bridgehead atoms. The van der Waals surface area contributed by atoms with Crippen LogP contribution in [0.1, 0.15) is 137 Å². The standard InChI is InChI=1S/C52H77FN2O3S/c1-36(2)40-18-27-52(54-30-33-55-31-21-39(22-32-55)59(8)57)29-28-49(6)42(45(40)52)14-15-44-48(5)23-19-41(47(3,4)43(48)20-24-50(44,49)7)38-16-25-51(35-53,26-17-38)46(56)58-34-37-12-10-9-11-13-37/h9-13,16,19,39-40,42-45,54H,1,14-15,17-18,20-35H2,2-8H3/t40-,42+,43-,44+,45+,48-,49+,50+,51-,52-,59?/m0/s1. The molecule has 5 nitrogen and oxygen atoms in total. The molecule has 1 unspecified atom stereocenters. The Morgan fingerprint density at radius 1 is 0.898 bits per heavy atom. The van der Waals surface area contributed by atoms with Gasteiger partial charge in [-0.05, 0) is 178 Å². The average molecular weight is 829 g/mol. The monoisotopic (exact) mass is 829 g/mol. The Bertz CT molecular complexity index is 1830. The third kappa shape index (κ3) is 7.23. The van der Waals surface area contributed by atoms with E-state index < -0.39 is 28.9 Å². The van der Waals surface area contributed by atoms with Crippen molar-refractivity contribution >= 4 is 16.8 Å². The first-order chi connectivity index (χ1) is 28.0. The highest BCUT2D eigenvalue weighted by Crippen LogP contribution is 2.76. The van der Waals surface area contributed by atoms with Crippen molar-refractivity contribution in [3.05, 3.63) is 71.3 Å². The minimum atomic E-state index is -1.09. The second-order valence-electron chi connectivity index (χ2n) is 22.3. The fourth-order valence-corrected chi connectivity index (χ4v) is 16.8. The third-order valence-corrected chi connectivity index (χ3v) is 20.8. The Labute approximate surface area is 359 Å². The van der Waals surface area contributed by atoms with Crippen LogP contribution in [0.25, 0.3) is 0 Å². The number of ether oxygens (including phenoxy) is 1. The first kappa shape index (κ1) is 43.6. The fourth-order valence-electron chi connectivity index (χ4n) is 15.9. The molecule has 11 atom stereocenters. The number of allylic oxidation sites excluding steroid dienone is 5. The van der Waals surface area contributed by atoms with Gasteiger partial charge in [-0.1, -0.05) is 89.3 Å². The van der Waals surface area contributed by atoms with Gasteiger partial charge in [-0.25, -0.2) is 4.39 Å². The van der Waals surface area contributed by atoms with Crippen LogP contribution in [0, 0.1) is 56.7 Å². The average Bonchev–Trinajstić information content (AvgIpc) is 3.61. The molecule has 0 spiro atoms. The molecule has 1 N–H and O–H groups in total. The van der Waals surface area contributed by atoms with E-state index in [0.717, 1.165) is 57.4 Å². The molecule has 59 heavy (non-hydrogen) atoms. The predicted octanol–water partition coefficient (Wildman–Crippen LogP) is 11.2. The lowest BCUT2D eigenvalue weighted by atomic mass is 9.33. The van der Waals surface area contributed by atoms with Crippen LogP contribution in [0.15, 0.2) is 65.8 Å². The van der Waals surface area contributed by atoms with Crippen LogP contribution in [-0.2, 0) is 26.9 Å². The van der Waals surface area contributed by atoms with Gasteiger partial charge in [-0.3, -0.25) is 9.00 Å². The molecule has 1 aromatic rings. The second-order valence-corrected chi connectivity index (χ2v) is 23.9. The number of alkyl halides is 1. The van der Waals surface area contributed by atoms with E-state index in [0.29, 0.717) is 53.1 Å². The van der Waals surface area contributed by atoms with Crippen molar-refractivity contribution < 1.29 is 18.1 Å². The SMILES string of the molecule is C=C(C)[C@@H]1CC[C@]2(NCCN3CCC(S(C)=O)CC3)CC[C@]3(C)[C@H](CC[C@@H]4[C@@]5(C)CC=C(C6=CC[C@](CF)(C(=O)OCc7ccccc7)CC6)C(C)(C)[C@@H]5CC[C@]43C)[C@@H]12. The molecule has 1 aliphatic heterocycles. The smallest absolute Gasteiger partial charge is 0.315 e. The van der Waals surface area contributed by atoms with Gasteiger partial charge >= 0.3 is 5.97 Å². The molecule has 0 amide bonds. The summed E-state index contributed by atoms with van der Waals surface area (Å²) in [5.74, 6) is 2.81. The van der Waals surface area contributed by atoms with Gasteiger partial charge in [0.15, 0.2) is 0 Å². The molecule has 4 saturated carbocycles. The normalized spacial score (nSPS) is 41.3. The molecule has 326 valence electrons. The van der Waals surface area contributed by atoms with Crippen molar-refractivity contribution in [1.82, 2.24) is 10.2 Å². The summed E-state index contributed by atoms with van der Waals surface area (Å²) < 4.78 is 32.6. The maximum Gasteiger partial charge on any atom is 0.315 e. The molecule has 1 heterocycles. The molecule has 7 heteroatoms. The largest absolute Gasteiger partial charge is 0.460 e. The van der Waals surface area contributed by atoms with E-state index in [1.807, 2.05) is 36.6 Å². The number of piperidine rings is 1. The molecule has 0 radical (unpaired) electrons. The second kappa shape index (κ2) is 16.2. The quantitative estimate of drug-likeness (QED) is 0.178. The number of rotatable bonds is 11. The first-order valence-corrected chi connectivity index (χ1v) is 25.3. The Morgan fingerprint density at radius 2 is 1.64 bits per heavy atom. The molecule has 0 aromatic heterocycles. The number of nitrogens with zero attached hydrogens (tertiary/aromatic N) is 1. The lowest BCUT2D eigenvalue weighted by Crippen LogP contribution is -2.68. The maximum atomic E-state index is 14.8. The zero-order valence-corrected chi connectivity index (χ0v) is 38.6. The van der Waals surface area contributed by atoms with Gasteiger partial charge in [0.1, 0.15) is 13.3 Å². The number of likely N-dealkylation sites (tertiary alicyclic amines) is 1. The van der Waals surface area contributed by atoms with E-state index >= 15 is 0 Å². The summed E-state index contributed by atoms with van der Waals surface area (Å²) in [6.07, 6.45) is 21.9. The number of fused-ring (bicyclic) bond motifs is 7. The van der Waals surface area contributed by atoms with Crippen molar-refractivity contribution in [3.8, 4) is 0 Å². The number of carbonyl (C=O) groups excluding carboxylic acids is 1. The first-order valence-electron chi connectivity index (χ1n) is 23.7. The van der Waals surface area contributed by atoms with Crippen LogP contribution < -0.4 is 5.32 Å². The molecule has 5 fully saturated rings. The fraction of sp³-hybridized carbons (Fsp3) is 0.750. The Balaban J connectivity index is 0.985. The van der Waals surface area contributed by atoms with E-state index in [1.165, 1.54) is 68.1 Å². The van der Waals surface area contributed by atoms with Crippen LogP contribution in [0.5, 0.6) is 0 Å². The number of hydrogen-bond acceptors (Lipinski definition) is 5. The topological polar surface area (TPSA) is 58.6 Å². The highest BCUT2D eigenvalue weighted by molar-refractivity contribution is 7.84. The predicted molar refractivity (Wildman–Crippen MR) is 241 cm³/mol. The van der Waals surface area contributed by atoms with Gasteiger partial charge in [0, 0.05) is 40.9 Å². The Morgan fingerprint density at radius 3 is 2.31 bits per heavy atom. The number of hydrogen-bond donors (Lipinski definition) is 1. The maximum absolute atomic E-state index is 14.8. The highest BCUT2D eigenvalue weighted by atomic mass is 32.2. The minimum absolute atomic E-state index is 0.00642. The van der Waals surface area contributed by atoms with Gasteiger partial charge in [-0.2, -0.15) is 0 Å². The van der Waals surface area contributed by atoms with Crippen LogP contribution >= 0.6 is 0 Å². The summed E-state index contributed by atoms with van der Waals surface area (Å²) in [5, 5.41) is 4.70. The van der Waals surface area contributed by atoms with Crippen LogP contribution in [0.3, 0.4) is 0 Å². The van der Waals surface area contributed by atoms with Gasteiger partial charge in [0.25, 0.3) is 0 Å². The molecule has 1 saturated heterocycles. The summed E-state index contributed by atoms with van der Waals surface area (Å²) in [6.45, 7) is 24.0. The van der Waals surface area contributed by atoms with Crippen LogP contribution in [0.2, 0.25) is 0 Å². The molecule has 1 aromatic carbocycles. The number of nitrogens with one attached hydrogen (secondary N) is 1. The molecule has 6 aliphatic carbocycles. The van der Waals surface area contributed by atoms with E-state index in [2.05, 4.69) is 70.5 Å². The summed E-state index contributed by atoms with van der Waals surface area (Å²) in [5.41, 5.74) is 5.06. The highest BCUT2D eigenvalue weighted by Gasteiger charge is 2.70. The molecule has 7 aliphatic rings. The van der Waals surface area contributed by atoms with Gasteiger partial charge in [-0.15, -0.1) is 0 Å². The molecule has 8 rings (SSSR count). The van der Waals surface area contributed by atoms with Crippen molar-refractivity contribution in [2.75, 3.05) is 39.1 Å². The number of esters is 1. The Kier molecular flexibility index (Phi) is 12.0. The van der Waals surface area contributed by atoms with Crippen molar-refractivity contribution in [3.63, 3.8) is 0 Å². The van der Waals surface area contributed by atoms with Gasteiger partial charge in [0.2, 0.25) is 0 Å². The van der Waals surface area contributed by atoms with Crippen molar-refractivity contribution in [2.45, 2.75) is 149 Å². The van der Waals surface area contributed by atoms with Crippen molar-refractivity contribution in [2.24, 2.45) is 56.7 Å². The summed E-state index contributed by atoms with van der Waals surface area (Å²) in [4.78, 5) is 16.0. The molecular formula is C52H77FN2O3S.